The van der Waals surface area contributed by atoms with Crippen LogP contribution in [-0.2, 0) is 18.4 Å². The highest BCUT2D eigenvalue weighted by Crippen LogP contribution is 2.43. The summed E-state index contributed by atoms with van der Waals surface area (Å²) in [4.78, 5) is 22.5. The van der Waals surface area contributed by atoms with E-state index in [0.29, 0.717) is 12.8 Å². The van der Waals surface area contributed by atoms with Crippen molar-refractivity contribution in [3.8, 4) is 0 Å². The van der Waals surface area contributed by atoms with E-state index in [2.05, 4.69) is 79.9 Å². The second-order valence-corrected chi connectivity index (χ2v) is 13.1. The van der Waals surface area contributed by atoms with Crippen molar-refractivity contribution < 1.29 is 28.4 Å². The van der Waals surface area contributed by atoms with Crippen LogP contribution in [0.4, 0.5) is 0 Å². The van der Waals surface area contributed by atoms with E-state index in [1.165, 1.54) is 32.1 Å². The standard InChI is InChI=1S/C38H67N2O6P/c1-3-5-7-9-11-13-15-17-18-20-21-23-25-27-29-31-37(41)36(35-46-47(43,44)45-34-33-39)40-38(42)32-30-28-26-24-22-19-16-14-12-10-8-6-4-2/h6,8,12,14-15,17,19,21-23,29,31,36-37,41H,3-5,7,9-11,13,16,18,20,24-28,30,32-35,39H2,1-2H3,(H,40,42)(H,43,44)/b8-6-,14-12-,17-15+,22-19-,23-21+,31-29+. The smallest absolute Gasteiger partial charge is 0.387 e. The van der Waals surface area contributed by atoms with E-state index < -0.39 is 20.0 Å². The predicted octanol–water partition coefficient (Wildman–Crippen LogP) is 9.32. The summed E-state index contributed by atoms with van der Waals surface area (Å²) in [6.45, 7) is 3.91. The number of phosphoric ester groups is 1. The fraction of sp³-hybridized carbons (Fsp3) is 0.658. The quantitative estimate of drug-likeness (QED) is 0.0317. The minimum atomic E-state index is -4.35. The minimum Gasteiger partial charge on any atom is -0.387 e. The zero-order valence-electron chi connectivity index (χ0n) is 29.5. The Bertz CT molecular complexity index is 960. The van der Waals surface area contributed by atoms with Crippen LogP contribution >= 0.6 is 7.82 Å². The van der Waals surface area contributed by atoms with E-state index >= 15 is 0 Å². The lowest BCUT2D eigenvalue weighted by molar-refractivity contribution is -0.123. The Balaban J connectivity index is 4.51. The first-order valence-electron chi connectivity index (χ1n) is 18.1. The maximum absolute atomic E-state index is 12.6. The summed E-state index contributed by atoms with van der Waals surface area (Å²) in [5.41, 5.74) is 5.34. The minimum absolute atomic E-state index is 0.0631. The molecule has 0 radical (unpaired) electrons. The fourth-order valence-electron chi connectivity index (χ4n) is 4.53. The van der Waals surface area contributed by atoms with Crippen LogP contribution in [0.25, 0.3) is 0 Å². The molecular weight excluding hydrogens is 611 g/mol. The maximum Gasteiger partial charge on any atom is 0.472 e. The first kappa shape index (κ1) is 44.9. The Morgan fingerprint density at radius 3 is 1.87 bits per heavy atom. The number of hydrogen-bond donors (Lipinski definition) is 4. The summed E-state index contributed by atoms with van der Waals surface area (Å²) in [7, 11) is -4.35. The third kappa shape index (κ3) is 32.3. The number of nitrogens with one attached hydrogen (secondary N) is 1. The SMILES string of the molecule is CC/C=C\C/C=C\C/C=C\CCCCCC(=O)NC(COP(=O)(O)OCCN)C(O)/C=C/CC/C=C/CC/C=C/CCCCCCC. The van der Waals surface area contributed by atoms with Crippen LogP contribution in [0.2, 0.25) is 0 Å². The van der Waals surface area contributed by atoms with Crippen molar-refractivity contribution >= 4 is 13.7 Å². The number of phosphoric acid groups is 1. The summed E-state index contributed by atoms with van der Waals surface area (Å²) in [5, 5.41) is 13.5. The van der Waals surface area contributed by atoms with E-state index in [-0.39, 0.29) is 25.7 Å². The van der Waals surface area contributed by atoms with Crippen molar-refractivity contribution in [3.63, 3.8) is 0 Å². The largest absolute Gasteiger partial charge is 0.472 e. The number of aliphatic hydroxyl groups excluding tert-OH is 1. The predicted molar refractivity (Wildman–Crippen MR) is 198 cm³/mol. The number of unbranched alkanes of at least 4 members (excludes halogenated alkanes) is 10. The molecule has 3 atom stereocenters. The van der Waals surface area contributed by atoms with Gasteiger partial charge in [-0.25, -0.2) is 4.57 Å². The van der Waals surface area contributed by atoms with Gasteiger partial charge in [0.25, 0.3) is 0 Å². The number of nitrogens with two attached hydrogens (primary N) is 1. The molecule has 0 aliphatic heterocycles. The van der Waals surface area contributed by atoms with E-state index in [1.54, 1.807) is 6.08 Å². The van der Waals surface area contributed by atoms with Crippen LogP contribution in [0.5, 0.6) is 0 Å². The molecule has 0 aromatic rings. The molecule has 1 amide bonds. The van der Waals surface area contributed by atoms with Crippen LogP contribution in [-0.4, -0.2) is 47.8 Å². The van der Waals surface area contributed by atoms with Gasteiger partial charge >= 0.3 is 7.82 Å². The van der Waals surface area contributed by atoms with Crippen molar-refractivity contribution in [2.45, 2.75) is 142 Å². The Morgan fingerprint density at radius 1 is 0.723 bits per heavy atom. The number of rotatable bonds is 32. The molecule has 0 fully saturated rings. The normalized spacial score (nSPS) is 15.3. The van der Waals surface area contributed by atoms with Crippen molar-refractivity contribution in [1.82, 2.24) is 5.32 Å². The molecule has 9 heteroatoms. The van der Waals surface area contributed by atoms with E-state index in [9.17, 15) is 19.4 Å². The van der Waals surface area contributed by atoms with Gasteiger partial charge in [0.1, 0.15) is 0 Å². The van der Waals surface area contributed by atoms with Crippen molar-refractivity contribution in [2.24, 2.45) is 5.73 Å². The van der Waals surface area contributed by atoms with Gasteiger partial charge in [-0.3, -0.25) is 13.8 Å². The Labute approximate surface area is 287 Å². The van der Waals surface area contributed by atoms with Gasteiger partial charge in [-0.05, 0) is 77.0 Å². The van der Waals surface area contributed by atoms with E-state index in [4.69, 9.17) is 14.8 Å². The zero-order valence-corrected chi connectivity index (χ0v) is 30.4. The van der Waals surface area contributed by atoms with Gasteiger partial charge < -0.3 is 21.1 Å². The number of carbonyl (C=O) groups is 1. The lowest BCUT2D eigenvalue weighted by Crippen LogP contribution is -2.45. The first-order chi connectivity index (χ1) is 22.9. The molecule has 270 valence electrons. The highest BCUT2D eigenvalue weighted by atomic mass is 31.2. The van der Waals surface area contributed by atoms with Gasteiger partial charge in [-0.1, -0.05) is 119 Å². The van der Waals surface area contributed by atoms with Crippen LogP contribution in [0, 0.1) is 0 Å². The Morgan fingerprint density at radius 2 is 1.26 bits per heavy atom. The third-order valence-corrected chi connectivity index (χ3v) is 8.23. The molecule has 0 aliphatic carbocycles. The molecule has 0 spiro atoms. The number of hydrogen-bond acceptors (Lipinski definition) is 6. The molecule has 0 bridgehead atoms. The second-order valence-electron chi connectivity index (χ2n) is 11.7. The first-order valence-corrected chi connectivity index (χ1v) is 19.6. The number of allylic oxidation sites excluding steroid dienone is 11. The zero-order chi connectivity index (χ0) is 34.7. The van der Waals surface area contributed by atoms with Gasteiger partial charge in [0.15, 0.2) is 0 Å². The molecule has 0 aromatic carbocycles. The van der Waals surface area contributed by atoms with Crippen molar-refractivity contribution in [1.29, 1.82) is 0 Å². The van der Waals surface area contributed by atoms with Gasteiger partial charge in [-0.2, -0.15) is 0 Å². The summed E-state index contributed by atoms with van der Waals surface area (Å²) < 4.78 is 22.0. The highest BCUT2D eigenvalue weighted by molar-refractivity contribution is 7.47. The fourth-order valence-corrected chi connectivity index (χ4v) is 5.29. The molecule has 0 heterocycles. The van der Waals surface area contributed by atoms with Crippen molar-refractivity contribution in [2.75, 3.05) is 19.8 Å². The van der Waals surface area contributed by atoms with Gasteiger partial charge in [-0.15, -0.1) is 0 Å². The average Bonchev–Trinajstić information content (AvgIpc) is 3.05. The van der Waals surface area contributed by atoms with Crippen molar-refractivity contribution in [3.05, 3.63) is 72.9 Å². The second kappa shape index (κ2) is 33.8. The maximum atomic E-state index is 12.6. The van der Waals surface area contributed by atoms with Gasteiger partial charge in [0.2, 0.25) is 5.91 Å². The summed E-state index contributed by atoms with van der Waals surface area (Å²) in [5.74, 6) is -0.243. The van der Waals surface area contributed by atoms with Crippen LogP contribution in [0.1, 0.15) is 129 Å². The van der Waals surface area contributed by atoms with Crippen LogP contribution in [0.3, 0.4) is 0 Å². The molecule has 0 saturated carbocycles. The summed E-state index contributed by atoms with van der Waals surface area (Å²) in [6, 6.07) is -0.900. The molecule has 0 aliphatic rings. The average molecular weight is 679 g/mol. The van der Waals surface area contributed by atoms with Crippen LogP contribution < -0.4 is 11.1 Å². The molecule has 0 rings (SSSR count). The molecule has 5 N–H and O–H groups in total. The summed E-state index contributed by atoms with van der Waals surface area (Å²) in [6.07, 6.45) is 42.4. The molecular formula is C38H67N2O6P. The van der Waals surface area contributed by atoms with Crippen LogP contribution in [0.15, 0.2) is 72.9 Å². The monoisotopic (exact) mass is 678 g/mol. The Hall–Kier alpha value is -2.06. The Kier molecular flexibility index (Phi) is 32.3. The molecule has 0 saturated heterocycles. The van der Waals surface area contributed by atoms with Gasteiger partial charge in [0, 0.05) is 13.0 Å². The lowest BCUT2D eigenvalue weighted by atomic mass is 10.1. The highest BCUT2D eigenvalue weighted by Gasteiger charge is 2.26. The number of carbonyl (C=O) groups excluding carboxylic acids is 1. The molecule has 47 heavy (non-hydrogen) atoms. The third-order valence-electron chi connectivity index (χ3n) is 7.24. The number of aliphatic hydroxyl groups is 1. The topological polar surface area (TPSA) is 131 Å². The molecule has 8 nitrogen and oxygen atoms in total. The van der Waals surface area contributed by atoms with E-state index in [1.807, 2.05) is 6.08 Å². The molecule has 0 aromatic heterocycles. The number of amides is 1. The molecule has 3 unspecified atom stereocenters. The van der Waals surface area contributed by atoms with Gasteiger partial charge in [0.05, 0.1) is 25.4 Å². The lowest BCUT2D eigenvalue weighted by Gasteiger charge is -2.23. The van der Waals surface area contributed by atoms with E-state index in [0.717, 1.165) is 70.6 Å². The summed E-state index contributed by atoms with van der Waals surface area (Å²) >= 11 is 0.